The number of hydrogen-bond donors (Lipinski definition) is 1. The quantitative estimate of drug-likeness (QED) is 0.872. The van der Waals surface area contributed by atoms with Crippen molar-refractivity contribution in [2.75, 3.05) is 32.5 Å². The molecule has 1 heterocycles. The first-order valence-electron chi connectivity index (χ1n) is 6.58. The summed E-state index contributed by atoms with van der Waals surface area (Å²) in [5.74, 6) is -0.247. The van der Waals surface area contributed by atoms with E-state index in [0.717, 1.165) is 24.6 Å². The van der Waals surface area contributed by atoms with Gasteiger partial charge in [0, 0.05) is 31.8 Å². The largest absolute Gasteiger partial charge is 0.416 e. The molecule has 1 aliphatic heterocycles. The molecule has 4 nitrogen and oxygen atoms in total. The average molecular weight is 302 g/mol. The lowest BCUT2D eigenvalue weighted by molar-refractivity contribution is -0.137. The van der Waals surface area contributed by atoms with Gasteiger partial charge in [-0.25, -0.2) is 0 Å². The van der Waals surface area contributed by atoms with Crippen molar-refractivity contribution < 1.29 is 22.7 Å². The summed E-state index contributed by atoms with van der Waals surface area (Å²) in [6, 6.07) is 2.82. The molecular formula is C14H17F3N2O2. The van der Waals surface area contributed by atoms with Gasteiger partial charge in [-0.3, -0.25) is 4.79 Å². The second-order valence-electron chi connectivity index (χ2n) is 5.16. The number of carbonyl (C=O) groups excluding carboxylic acids is 1. The van der Waals surface area contributed by atoms with Gasteiger partial charge in [-0.2, -0.15) is 13.2 Å². The molecule has 1 fully saturated rings. The van der Waals surface area contributed by atoms with Crippen LogP contribution in [0.15, 0.2) is 18.2 Å². The zero-order valence-corrected chi connectivity index (χ0v) is 11.6. The molecule has 21 heavy (non-hydrogen) atoms. The molecule has 1 aromatic carbocycles. The Kier molecular flexibility index (Phi) is 4.41. The number of halogens is 3. The van der Waals surface area contributed by atoms with Gasteiger partial charge in [0.05, 0.1) is 17.7 Å². The van der Waals surface area contributed by atoms with Crippen LogP contribution >= 0.6 is 0 Å². The highest BCUT2D eigenvalue weighted by molar-refractivity contribution is 5.99. The molecule has 0 aromatic heterocycles. The Bertz CT molecular complexity index is 531. The number of amides is 1. The third-order valence-electron chi connectivity index (χ3n) is 3.59. The lowest BCUT2D eigenvalue weighted by Crippen LogP contribution is -2.30. The lowest BCUT2D eigenvalue weighted by atomic mass is 10.1. The molecule has 1 amide bonds. The Labute approximate surface area is 120 Å². The molecule has 116 valence electrons. The topological polar surface area (TPSA) is 55.6 Å². The van der Waals surface area contributed by atoms with E-state index in [-0.39, 0.29) is 17.2 Å². The summed E-state index contributed by atoms with van der Waals surface area (Å²) in [5, 5.41) is 0. The van der Waals surface area contributed by atoms with Crippen LogP contribution < -0.4 is 5.73 Å². The number of likely N-dealkylation sites (tertiary alicyclic amines) is 1. The third-order valence-corrected chi connectivity index (χ3v) is 3.59. The lowest BCUT2D eigenvalue weighted by Gasteiger charge is -2.18. The molecule has 2 N–H and O–H groups in total. The summed E-state index contributed by atoms with van der Waals surface area (Å²) in [6.45, 7) is 1.51. The Morgan fingerprint density at radius 1 is 1.48 bits per heavy atom. The fourth-order valence-electron chi connectivity index (χ4n) is 2.48. The Morgan fingerprint density at radius 3 is 2.81 bits per heavy atom. The highest BCUT2D eigenvalue weighted by Gasteiger charge is 2.33. The summed E-state index contributed by atoms with van der Waals surface area (Å²) in [7, 11) is 1.58. The Balaban J connectivity index is 2.20. The predicted octanol–water partition coefficient (Wildman–Crippen LogP) is 2.40. The van der Waals surface area contributed by atoms with E-state index in [1.807, 2.05) is 0 Å². The van der Waals surface area contributed by atoms with Crippen molar-refractivity contribution in [3.63, 3.8) is 0 Å². The van der Waals surface area contributed by atoms with Crippen LogP contribution in [0.5, 0.6) is 0 Å². The van der Waals surface area contributed by atoms with E-state index in [2.05, 4.69) is 0 Å². The van der Waals surface area contributed by atoms with Crippen LogP contribution in [-0.2, 0) is 10.9 Å². The van der Waals surface area contributed by atoms with Crippen LogP contribution in [0.3, 0.4) is 0 Å². The highest BCUT2D eigenvalue weighted by Crippen LogP contribution is 2.32. The number of benzene rings is 1. The van der Waals surface area contributed by atoms with Crippen LogP contribution in [0.4, 0.5) is 18.9 Å². The van der Waals surface area contributed by atoms with Crippen molar-refractivity contribution in [2.24, 2.45) is 5.92 Å². The zero-order valence-electron chi connectivity index (χ0n) is 11.6. The summed E-state index contributed by atoms with van der Waals surface area (Å²) in [4.78, 5) is 13.9. The van der Waals surface area contributed by atoms with Gasteiger partial charge in [0.15, 0.2) is 0 Å². The first kappa shape index (κ1) is 15.6. The van der Waals surface area contributed by atoms with Gasteiger partial charge in [-0.05, 0) is 24.6 Å². The molecule has 1 aromatic rings. The van der Waals surface area contributed by atoms with E-state index in [0.29, 0.717) is 19.7 Å². The molecule has 1 unspecified atom stereocenters. The number of alkyl halides is 3. The standard InChI is InChI=1S/C14H17F3N2O2/c1-21-8-9-4-5-19(7-9)13(20)11-6-10(14(15,16)17)2-3-12(11)18/h2-3,6,9H,4-5,7-8,18H2,1H3. The van der Waals surface area contributed by atoms with Crippen molar-refractivity contribution in [3.05, 3.63) is 29.3 Å². The van der Waals surface area contributed by atoms with Crippen molar-refractivity contribution in [3.8, 4) is 0 Å². The molecule has 0 bridgehead atoms. The van der Waals surface area contributed by atoms with Crippen molar-refractivity contribution in [2.45, 2.75) is 12.6 Å². The third kappa shape index (κ3) is 3.47. The smallest absolute Gasteiger partial charge is 0.398 e. The van der Waals surface area contributed by atoms with E-state index < -0.39 is 17.6 Å². The maximum atomic E-state index is 12.7. The maximum absolute atomic E-state index is 12.7. The Hall–Kier alpha value is -1.76. The molecule has 0 spiro atoms. The molecular weight excluding hydrogens is 285 g/mol. The van der Waals surface area contributed by atoms with Gasteiger partial charge in [-0.1, -0.05) is 0 Å². The SMILES string of the molecule is COCC1CCN(C(=O)c2cc(C(F)(F)F)ccc2N)C1. The molecule has 0 saturated carbocycles. The summed E-state index contributed by atoms with van der Waals surface area (Å²) < 4.78 is 43.2. The molecule has 2 rings (SSSR count). The van der Waals surface area contributed by atoms with E-state index in [1.165, 1.54) is 4.90 Å². The number of carbonyl (C=O) groups is 1. The monoisotopic (exact) mass is 302 g/mol. The zero-order chi connectivity index (χ0) is 15.6. The molecule has 1 saturated heterocycles. The highest BCUT2D eigenvalue weighted by atomic mass is 19.4. The van der Waals surface area contributed by atoms with Crippen LogP contribution in [0.1, 0.15) is 22.3 Å². The average Bonchev–Trinajstić information content (AvgIpc) is 2.86. The van der Waals surface area contributed by atoms with Gasteiger partial charge in [0.1, 0.15) is 0 Å². The first-order valence-corrected chi connectivity index (χ1v) is 6.58. The van der Waals surface area contributed by atoms with Crippen LogP contribution in [0.25, 0.3) is 0 Å². The number of anilines is 1. The second-order valence-corrected chi connectivity index (χ2v) is 5.16. The minimum absolute atomic E-state index is 0.0585. The molecule has 1 aliphatic rings. The molecule has 0 aliphatic carbocycles. The van der Waals surface area contributed by atoms with Crippen molar-refractivity contribution in [1.29, 1.82) is 0 Å². The Morgan fingerprint density at radius 2 is 2.19 bits per heavy atom. The summed E-state index contributed by atoms with van der Waals surface area (Å²) in [5.41, 5.74) is 4.75. The van der Waals surface area contributed by atoms with Gasteiger partial charge < -0.3 is 15.4 Å². The second kappa shape index (κ2) is 5.93. The number of nitrogen functional groups attached to an aromatic ring is 1. The minimum atomic E-state index is -4.49. The number of rotatable bonds is 3. The van der Waals surface area contributed by atoms with Gasteiger partial charge in [0.2, 0.25) is 0 Å². The summed E-state index contributed by atoms with van der Waals surface area (Å²) >= 11 is 0. The van der Waals surface area contributed by atoms with Crippen LogP contribution in [0.2, 0.25) is 0 Å². The van der Waals surface area contributed by atoms with Gasteiger partial charge in [-0.15, -0.1) is 0 Å². The van der Waals surface area contributed by atoms with E-state index in [9.17, 15) is 18.0 Å². The van der Waals surface area contributed by atoms with Crippen molar-refractivity contribution >= 4 is 11.6 Å². The van der Waals surface area contributed by atoms with Crippen LogP contribution in [-0.4, -0.2) is 37.6 Å². The fraction of sp³-hybridized carbons (Fsp3) is 0.500. The molecule has 1 atom stereocenters. The first-order chi connectivity index (χ1) is 9.82. The number of hydrogen-bond acceptors (Lipinski definition) is 3. The maximum Gasteiger partial charge on any atom is 0.416 e. The van der Waals surface area contributed by atoms with Gasteiger partial charge >= 0.3 is 6.18 Å². The van der Waals surface area contributed by atoms with E-state index in [4.69, 9.17) is 10.5 Å². The minimum Gasteiger partial charge on any atom is -0.398 e. The molecule has 7 heteroatoms. The number of nitrogens with two attached hydrogens (primary N) is 1. The number of nitrogens with zero attached hydrogens (tertiary/aromatic N) is 1. The number of ether oxygens (including phenoxy) is 1. The fourth-order valence-corrected chi connectivity index (χ4v) is 2.48. The van der Waals surface area contributed by atoms with Crippen molar-refractivity contribution in [1.82, 2.24) is 4.90 Å². The van der Waals surface area contributed by atoms with E-state index >= 15 is 0 Å². The molecule has 0 radical (unpaired) electrons. The number of methoxy groups -OCH3 is 1. The normalized spacial score (nSPS) is 19.0. The van der Waals surface area contributed by atoms with Crippen LogP contribution in [0, 0.1) is 5.92 Å². The van der Waals surface area contributed by atoms with E-state index in [1.54, 1.807) is 7.11 Å². The van der Waals surface area contributed by atoms with Gasteiger partial charge in [0.25, 0.3) is 5.91 Å². The predicted molar refractivity (Wildman–Crippen MR) is 71.7 cm³/mol. The summed E-state index contributed by atoms with van der Waals surface area (Å²) in [6.07, 6.45) is -3.72.